The van der Waals surface area contributed by atoms with Crippen LogP contribution in [0.1, 0.15) is 98.8 Å². The van der Waals surface area contributed by atoms with Gasteiger partial charge < -0.3 is 33.9 Å². The lowest BCUT2D eigenvalue weighted by atomic mass is 9.75. The molecule has 4 aliphatic heterocycles. The highest BCUT2D eigenvalue weighted by Crippen LogP contribution is 2.45. The minimum atomic E-state index is -0.773. The molecule has 11 unspecified atom stereocenters. The number of rotatable bonds is 4. The Morgan fingerprint density at radius 1 is 1.00 bits per heavy atom. The average molecular weight is 655 g/mol. The Morgan fingerprint density at radius 3 is 2.55 bits per heavy atom. The van der Waals surface area contributed by atoms with E-state index < -0.39 is 23.9 Å². The summed E-state index contributed by atoms with van der Waals surface area (Å²) in [6, 6.07) is 0. The second kappa shape index (κ2) is 15.0. The van der Waals surface area contributed by atoms with Crippen LogP contribution in [0, 0.1) is 29.6 Å². The van der Waals surface area contributed by atoms with Gasteiger partial charge in [-0.2, -0.15) is 0 Å². The molecule has 3 saturated heterocycles. The number of hydrogen-bond acceptors (Lipinski definition) is 8. The first-order valence-electron chi connectivity index (χ1n) is 18.4. The Hall–Kier alpha value is -1.81. The second-order valence-electron chi connectivity index (χ2n) is 15.6. The predicted molar refractivity (Wildman–Crippen MR) is 179 cm³/mol. The van der Waals surface area contributed by atoms with Crippen molar-refractivity contribution in [1.29, 1.82) is 0 Å². The SMILES string of the molecule is CC1=CC2C(=O)OC3CC(C/C=C(\C)C(OCCC4CCC(O)CC4)C(C)/C=C/C=C4\COC(C1O)C42)OC1(CCC(C)C(C)O1)C3. The van der Waals surface area contributed by atoms with E-state index in [2.05, 4.69) is 52.0 Å². The molecule has 47 heavy (non-hydrogen) atoms. The molecule has 2 aliphatic carbocycles. The molecule has 8 heteroatoms. The van der Waals surface area contributed by atoms with Crippen molar-refractivity contribution in [2.45, 2.75) is 147 Å². The van der Waals surface area contributed by atoms with Crippen molar-refractivity contribution in [2.75, 3.05) is 13.2 Å². The molecule has 2 N–H and O–H groups in total. The Kier molecular flexibility index (Phi) is 11.2. The van der Waals surface area contributed by atoms with Crippen molar-refractivity contribution >= 4 is 5.97 Å². The summed E-state index contributed by atoms with van der Waals surface area (Å²) in [5.41, 5.74) is 2.92. The molecule has 0 aromatic carbocycles. The van der Waals surface area contributed by atoms with E-state index in [1.54, 1.807) is 0 Å². The third-order valence-corrected chi connectivity index (χ3v) is 12.0. The van der Waals surface area contributed by atoms with Gasteiger partial charge in [0, 0.05) is 37.7 Å². The summed E-state index contributed by atoms with van der Waals surface area (Å²) >= 11 is 0. The maximum absolute atomic E-state index is 14.0. The van der Waals surface area contributed by atoms with Crippen LogP contribution in [0.15, 0.2) is 47.1 Å². The van der Waals surface area contributed by atoms with Gasteiger partial charge in [-0.05, 0) is 94.3 Å². The Bertz CT molecular complexity index is 1230. The van der Waals surface area contributed by atoms with Gasteiger partial charge in [0.05, 0.1) is 43.0 Å². The molecule has 6 rings (SSSR count). The van der Waals surface area contributed by atoms with Crippen LogP contribution < -0.4 is 0 Å². The maximum Gasteiger partial charge on any atom is 0.313 e. The molecular formula is C39H58O8. The number of aliphatic hydroxyl groups is 2. The summed E-state index contributed by atoms with van der Waals surface area (Å²) in [5.74, 6) is -0.702. The van der Waals surface area contributed by atoms with Gasteiger partial charge in [-0.15, -0.1) is 0 Å². The highest BCUT2D eigenvalue weighted by Gasteiger charge is 2.51. The van der Waals surface area contributed by atoms with Crippen LogP contribution >= 0.6 is 0 Å². The predicted octanol–water partition coefficient (Wildman–Crippen LogP) is 6.36. The fourth-order valence-electron chi connectivity index (χ4n) is 8.86. The third-order valence-electron chi connectivity index (χ3n) is 12.0. The average Bonchev–Trinajstić information content (AvgIpc) is 3.46. The van der Waals surface area contributed by atoms with E-state index >= 15 is 0 Å². The molecule has 0 amide bonds. The number of carbonyl (C=O) groups excluding carboxylic acids is 1. The first-order chi connectivity index (χ1) is 22.5. The van der Waals surface area contributed by atoms with E-state index in [0.29, 0.717) is 44.3 Å². The summed E-state index contributed by atoms with van der Waals surface area (Å²) in [7, 11) is 0. The first kappa shape index (κ1) is 35.0. The summed E-state index contributed by atoms with van der Waals surface area (Å²) < 4.78 is 32.6. The van der Waals surface area contributed by atoms with Gasteiger partial charge in [0.2, 0.25) is 0 Å². The topological polar surface area (TPSA) is 104 Å². The van der Waals surface area contributed by atoms with Gasteiger partial charge in [0.25, 0.3) is 0 Å². The van der Waals surface area contributed by atoms with E-state index in [9.17, 15) is 15.0 Å². The van der Waals surface area contributed by atoms with Crippen molar-refractivity contribution in [3.8, 4) is 0 Å². The third kappa shape index (κ3) is 7.99. The number of hydrogen-bond donors (Lipinski definition) is 2. The standard InChI is InChI=1S/C39H58O8/c1-23-15-17-39(46-27(23)5)21-32-20-31(47-39)14-9-25(3)36(43-18-16-28-10-12-30(40)13-11-28)24(2)7-6-8-29-22-44-37-34(29)33(38(42)45-32)19-26(4)35(37)41/h6-9,19,23-24,27-28,30-37,40-41H,10-18,20-22H2,1-5H3/b7-6+,25-9+,29-8+. The number of allylic oxidation sites excluding steroid dienone is 2. The summed E-state index contributed by atoms with van der Waals surface area (Å²) in [6.07, 6.45) is 17.0. The molecule has 11 atom stereocenters. The number of carbonyl (C=O) groups is 1. The largest absolute Gasteiger partial charge is 0.462 e. The Labute approximate surface area is 281 Å². The van der Waals surface area contributed by atoms with Crippen LogP contribution in [0.5, 0.6) is 0 Å². The molecule has 4 heterocycles. The molecule has 2 bridgehead atoms. The van der Waals surface area contributed by atoms with Crippen molar-refractivity contribution in [1.82, 2.24) is 0 Å². The Morgan fingerprint density at radius 2 is 1.79 bits per heavy atom. The van der Waals surface area contributed by atoms with Crippen molar-refractivity contribution in [3.63, 3.8) is 0 Å². The zero-order valence-electron chi connectivity index (χ0n) is 29.1. The van der Waals surface area contributed by atoms with E-state index in [1.807, 2.05) is 13.0 Å². The normalized spacial score (nSPS) is 47.6. The minimum absolute atomic E-state index is 0.0568. The summed E-state index contributed by atoms with van der Waals surface area (Å²) in [4.78, 5) is 14.0. The summed E-state index contributed by atoms with van der Waals surface area (Å²) in [5, 5.41) is 21.0. The monoisotopic (exact) mass is 654 g/mol. The van der Waals surface area contributed by atoms with Crippen LogP contribution in [0.25, 0.3) is 0 Å². The lowest BCUT2D eigenvalue weighted by molar-refractivity contribution is -0.332. The molecule has 0 aromatic rings. The molecule has 8 nitrogen and oxygen atoms in total. The van der Waals surface area contributed by atoms with Crippen molar-refractivity contribution < 1.29 is 38.7 Å². The molecule has 6 aliphatic rings. The maximum atomic E-state index is 14.0. The molecule has 1 saturated carbocycles. The molecule has 4 fully saturated rings. The highest BCUT2D eigenvalue weighted by molar-refractivity contribution is 5.76. The van der Waals surface area contributed by atoms with Gasteiger partial charge in [0.1, 0.15) is 12.2 Å². The Balaban J connectivity index is 1.29. The first-order valence-corrected chi connectivity index (χ1v) is 18.4. The highest BCUT2D eigenvalue weighted by atomic mass is 16.7. The van der Waals surface area contributed by atoms with E-state index in [4.69, 9.17) is 23.7 Å². The van der Waals surface area contributed by atoms with E-state index in [-0.39, 0.29) is 48.3 Å². The number of esters is 1. The fraction of sp³-hybridized carbons (Fsp3) is 0.769. The van der Waals surface area contributed by atoms with Crippen LogP contribution in [-0.2, 0) is 28.5 Å². The van der Waals surface area contributed by atoms with Gasteiger partial charge in [-0.25, -0.2) is 0 Å². The number of fused-ring (bicyclic) bond motifs is 2. The molecule has 0 aromatic heterocycles. The number of aliphatic hydroxyl groups excluding tert-OH is 2. The van der Waals surface area contributed by atoms with Crippen LogP contribution in [-0.4, -0.2) is 77.9 Å². The number of ether oxygens (including phenoxy) is 5. The van der Waals surface area contributed by atoms with Crippen LogP contribution in [0.2, 0.25) is 0 Å². The molecular weight excluding hydrogens is 596 g/mol. The van der Waals surface area contributed by atoms with E-state index in [1.165, 1.54) is 5.57 Å². The zero-order valence-corrected chi connectivity index (χ0v) is 29.1. The molecule has 0 radical (unpaired) electrons. The zero-order chi connectivity index (χ0) is 33.3. The molecule has 262 valence electrons. The lowest BCUT2D eigenvalue weighted by Crippen LogP contribution is -2.54. The van der Waals surface area contributed by atoms with Gasteiger partial charge in [-0.1, -0.05) is 44.2 Å². The molecule has 1 spiro atoms. The van der Waals surface area contributed by atoms with Crippen molar-refractivity contribution in [2.24, 2.45) is 29.6 Å². The summed E-state index contributed by atoms with van der Waals surface area (Å²) in [6.45, 7) is 11.6. The van der Waals surface area contributed by atoms with Crippen LogP contribution in [0.4, 0.5) is 0 Å². The lowest BCUT2D eigenvalue weighted by Gasteiger charge is -2.49. The van der Waals surface area contributed by atoms with Gasteiger partial charge in [0.15, 0.2) is 5.79 Å². The fourth-order valence-corrected chi connectivity index (χ4v) is 8.86. The quantitative estimate of drug-likeness (QED) is 0.267. The van der Waals surface area contributed by atoms with Gasteiger partial charge in [-0.3, -0.25) is 4.79 Å². The van der Waals surface area contributed by atoms with Crippen LogP contribution in [0.3, 0.4) is 0 Å². The van der Waals surface area contributed by atoms with E-state index in [0.717, 1.165) is 56.1 Å². The smallest absolute Gasteiger partial charge is 0.313 e. The van der Waals surface area contributed by atoms with Gasteiger partial charge >= 0.3 is 5.97 Å². The second-order valence-corrected chi connectivity index (χ2v) is 15.6. The van der Waals surface area contributed by atoms with Crippen molar-refractivity contribution in [3.05, 3.63) is 47.1 Å². The minimum Gasteiger partial charge on any atom is -0.462 e.